The zero-order chi connectivity index (χ0) is 15.2. The third-order valence-corrected chi connectivity index (χ3v) is 3.24. The van der Waals surface area contributed by atoms with Crippen LogP contribution < -0.4 is 10.6 Å². The summed E-state index contributed by atoms with van der Waals surface area (Å²) >= 11 is 0. The molecule has 0 bridgehead atoms. The molecule has 0 radical (unpaired) electrons. The number of para-hydroxylation sites is 1. The zero-order valence-electron chi connectivity index (χ0n) is 12.0. The Balaban J connectivity index is 1.59. The van der Waals surface area contributed by atoms with Crippen LogP contribution in [0.15, 0.2) is 61.1 Å². The molecule has 3 rings (SSSR count). The van der Waals surface area contributed by atoms with Crippen LogP contribution in [-0.2, 0) is 11.3 Å². The minimum atomic E-state index is -0.0953. The molecule has 0 atom stereocenters. The lowest BCUT2D eigenvalue weighted by Gasteiger charge is -2.08. The number of rotatable bonds is 5. The Kier molecular flexibility index (Phi) is 4.36. The van der Waals surface area contributed by atoms with Gasteiger partial charge in [0.1, 0.15) is 0 Å². The van der Waals surface area contributed by atoms with Crippen LogP contribution in [0.3, 0.4) is 0 Å². The molecule has 2 N–H and O–H groups in total. The summed E-state index contributed by atoms with van der Waals surface area (Å²) < 4.78 is 0. The number of nitrogens with one attached hydrogen (secondary N) is 2. The summed E-state index contributed by atoms with van der Waals surface area (Å²) in [5.74, 6) is -0.0953. The lowest BCUT2D eigenvalue weighted by molar-refractivity contribution is -0.115. The quantitative estimate of drug-likeness (QED) is 0.757. The second-order valence-corrected chi connectivity index (χ2v) is 4.89. The lowest BCUT2D eigenvalue weighted by Crippen LogP contribution is -2.27. The Morgan fingerprint density at radius 1 is 1.05 bits per heavy atom. The standard InChI is InChI=1S/C17H16N4O/c22-16(12-19-11-13-4-2-8-18-10-13)21-15-7-1-5-14-6-3-9-20-17(14)15/h1-10,19H,11-12H2,(H,21,22). The molecule has 0 saturated carbocycles. The molecule has 3 aromatic rings. The van der Waals surface area contributed by atoms with Gasteiger partial charge in [-0.3, -0.25) is 14.8 Å². The molecule has 22 heavy (non-hydrogen) atoms. The molecular formula is C17H16N4O. The Bertz CT molecular complexity index is 768. The van der Waals surface area contributed by atoms with Crippen LogP contribution >= 0.6 is 0 Å². The number of benzene rings is 1. The summed E-state index contributed by atoms with van der Waals surface area (Å²) in [6.07, 6.45) is 5.22. The maximum Gasteiger partial charge on any atom is 0.238 e. The van der Waals surface area contributed by atoms with Gasteiger partial charge in [0, 0.05) is 30.5 Å². The van der Waals surface area contributed by atoms with Gasteiger partial charge in [-0.2, -0.15) is 0 Å². The van der Waals surface area contributed by atoms with Gasteiger partial charge in [-0.1, -0.05) is 24.3 Å². The van der Waals surface area contributed by atoms with Crippen molar-refractivity contribution in [1.29, 1.82) is 0 Å². The predicted octanol–water partition coefficient (Wildman–Crippen LogP) is 2.36. The third-order valence-electron chi connectivity index (χ3n) is 3.24. The average molecular weight is 292 g/mol. The van der Waals surface area contributed by atoms with E-state index in [9.17, 15) is 4.79 Å². The summed E-state index contributed by atoms with van der Waals surface area (Å²) in [6, 6.07) is 13.4. The average Bonchev–Trinajstić information content (AvgIpc) is 2.56. The van der Waals surface area contributed by atoms with Crippen molar-refractivity contribution in [3.63, 3.8) is 0 Å². The molecule has 5 nitrogen and oxygen atoms in total. The first-order valence-electron chi connectivity index (χ1n) is 7.06. The highest BCUT2D eigenvalue weighted by atomic mass is 16.1. The van der Waals surface area contributed by atoms with E-state index in [1.54, 1.807) is 18.6 Å². The molecule has 0 unspecified atom stereocenters. The van der Waals surface area contributed by atoms with E-state index in [0.29, 0.717) is 6.54 Å². The van der Waals surface area contributed by atoms with Crippen molar-refractivity contribution in [2.45, 2.75) is 6.54 Å². The number of carbonyl (C=O) groups is 1. The SMILES string of the molecule is O=C(CNCc1cccnc1)Nc1cccc2cccnc12. The van der Waals surface area contributed by atoms with Crippen molar-refractivity contribution in [3.05, 3.63) is 66.6 Å². The van der Waals surface area contributed by atoms with Gasteiger partial charge in [0.15, 0.2) is 0 Å². The second-order valence-electron chi connectivity index (χ2n) is 4.89. The van der Waals surface area contributed by atoms with Crippen LogP contribution in [0, 0.1) is 0 Å². The van der Waals surface area contributed by atoms with E-state index in [2.05, 4.69) is 20.6 Å². The fourth-order valence-corrected chi connectivity index (χ4v) is 2.22. The molecule has 0 spiro atoms. The maximum absolute atomic E-state index is 12.0. The molecule has 0 aliphatic heterocycles. The van der Waals surface area contributed by atoms with Crippen molar-refractivity contribution in [3.8, 4) is 0 Å². The van der Waals surface area contributed by atoms with Gasteiger partial charge in [-0.25, -0.2) is 0 Å². The second kappa shape index (κ2) is 6.78. The van der Waals surface area contributed by atoms with Gasteiger partial charge in [-0.05, 0) is 23.8 Å². The van der Waals surface area contributed by atoms with Gasteiger partial charge in [0.05, 0.1) is 17.7 Å². The van der Waals surface area contributed by atoms with E-state index >= 15 is 0 Å². The minimum Gasteiger partial charge on any atom is -0.323 e. The molecule has 1 aromatic carbocycles. The van der Waals surface area contributed by atoms with Crippen LogP contribution in [0.4, 0.5) is 5.69 Å². The lowest BCUT2D eigenvalue weighted by atomic mass is 10.2. The van der Waals surface area contributed by atoms with E-state index in [1.807, 2.05) is 42.5 Å². The molecule has 2 aromatic heterocycles. The first-order valence-corrected chi connectivity index (χ1v) is 7.06. The van der Waals surface area contributed by atoms with Crippen molar-refractivity contribution < 1.29 is 4.79 Å². The number of fused-ring (bicyclic) bond motifs is 1. The molecule has 0 aliphatic rings. The summed E-state index contributed by atoms with van der Waals surface area (Å²) in [5.41, 5.74) is 2.57. The Morgan fingerprint density at radius 3 is 2.77 bits per heavy atom. The van der Waals surface area contributed by atoms with Crippen LogP contribution in [0.1, 0.15) is 5.56 Å². The van der Waals surface area contributed by atoms with Gasteiger partial charge >= 0.3 is 0 Å². The van der Waals surface area contributed by atoms with Crippen LogP contribution in [0.2, 0.25) is 0 Å². The first kappa shape index (κ1) is 14.2. The van der Waals surface area contributed by atoms with Crippen LogP contribution in [0.5, 0.6) is 0 Å². The van der Waals surface area contributed by atoms with Crippen molar-refractivity contribution >= 4 is 22.5 Å². The number of pyridine rings is 2. The molecule has 0 aliphatic carbocycles. The summed E-state index contributed by atoms with van der Waals surface area (Å²) in [4.78, 5) is 20.4. The van der Waals surface area contributed by atoms with E-state index < -0.39 is 0 Å². The predicted molar refractivity (Wildman–Crippen MR) is 86.3 cm³/mol. The van der Waals surface area contributed by atoms with Crippen LogP contribution in [0.25, 0.3) is 10.9 Å². The number of anilines is 1. The van der Waals surface area contributed by atoms with Crippen LogP contribution in [-0.4, -0.2) is 22.4 Å². The highest BCUT2D eigenvalue weighted by molar-refractivity contribution is 6.00. The fraction of sp³-hybridized carbons (Fsp3) is 0.118. The number of carbonyl (C=O) groups excluding carboxylic acids is 1. The van der Waals surface area contributed by atoms with Gasteiger partial charge < -0.3 is 10.6 Å². The number of nitrogens with zero attached hydrogens (tertiary/aromatic N) is 2. The zero-order valence-corrected chi connectivity index (χ0v) is 12.0. The van der Waals surface area contributed by atoms with Gasteiger partial charge in [-0.15, -0.1) is 0 Å². The number of hydrogen-bond acceptors (Lipinski definition) is 4. The van der Waals surface area contributed by atoms with Gasteiger partial charge in [0.2, 0.25) is 5.91 Å². The molecular weight excluding hydrogens is 276 g/mol. The maximum atomic E-state index is 12.0. The summed E-state index contributed by atoms with van der Waals surface area (Å²) in [6.45, 7) is 0.840. The monoisotopic (exact) mass is 292 g/mol. The van der Waals surface area contributed by atoms with E-state index in [1.165, 1.54) is 0 Å². The Hall–Kier alpha value is -2.79. The van der Waals surface area contributed by atoms with E-state index in [-0.39, 0.29) is 12.5 Å². The normalized spacial score (nSPS) is 10.5. The molecule has 0 fully saturated rings. The van der Waals surface area contributed by atoms with E-state index in [4.69, 9.17) is 0 Å². The number of hydrogen-bond donors (Lipinski definition) is 2. The number of aromatic nitrogens is 2. The third kappa shape index (κ3) is 3.45. The minimum absolute atomic E-state index is 0.0953. The van der Waals surface area contributed by atoms with Crippen molar-refractivity contribution in [2.24, 2.45) is 0 Å². The molecule has 0 saturated heterocycles. The fourth-order valence-electron chi connectivity index (χ4n) is 2.22. The summed E-state index contributed by atoms with van der Waals surface area (Å²) in [7, 11) is 0. The topological polar surface area (TPSA) is 66.9 Å². The summed E-state index contributed by atoms with van der Waals surface area (Å²) in [5, 5.41) is 6.99. The highest BCUT2D eigenvalue weighted by Crippen LogP contribution is 2.20. The number of amides is 1. The molecule has 110 valence electrons. The highest BCUT2D eigenvalue weighted by Gasteiger charge is 2.06. The van der Waals surface area contributed by atoms with Crippen molar-refractivity contribution in [1.82, 2.24) is 15.3 Å². The molecule has 5 heteroatoms. The molecule has 1 amide bonds. The van der Waals surface area contributed by atoms with Gasteiger partial charge in [0.25, 0.3) is 0 Å². The van der Waals surface area contributed by atoms with E-state index in [0.717, 1.165) is 22.2 Å². The smallest absolute Gasteiger partial charge is 0.238 e. The Morgan fingerprint density at radius 2 is 1.91 bits per heavy atom. The first-order chi connectivity index (χ1) is 10.8. The Labute approximate surface area is 128 Å². The van der Waals surface area contributed by atoms with Crippen molar-refractivity contribution in [2.75, 3.05) is 11.9 Å². The largest absolute Gasteiger partial charge is 0.323 e. The molecule has 2 heterocycles.